The van der Waals surface area contributed by atoms with Crippen LogP contribution in [-0.4, -0.2) is 74.1 Å². The summed E-state index contributed by atoms with van der Waals surface area (Å²) in [5.41, 5.74) is 2.40. The Bertz CT molecular complexity index is 1540. The van der Waals surface area contributed by atoms with E-state index in [4.69, 9.17) is 11.6 Å². The van der Waals surface area contributed by atoms with Crippen molar-refractivity contribution in [3.8, 4) is 0 Å². The van der Waals surface area contributed by atoms with Crippen LogP contribution in [0, 0.1) is 23.7 Å². The van der Waals surface area contributed by atoms with Crippen molar-refractivity contribution in [2.24, 2.45) is 23.7 Å². The van der Waals surface area contributed by atoms with E-state index in [0.29, 0.717) is 46.8 Å². The maximum atomic E-state index is 13.2. The molecule has 11 nitrogen and oxygen atoms in total. The fourth-order valence-electron chi connectivity index (χ4n) is 7.41. The highest BCUT2D eigenvalue weighted by molar-refractivity contribution is 6.32. The van der Waals surface area contributed by atoms with E-state index in [-0.39, 0.29) is 5.91 Å². The molecule has 12 heteroatoms. The third-order valence-electron chi connectivity index (χ3n) is 9.88. The van der Waals surface area contributed by atoms with Gasteiger partial charge in [-0.3, -0.25) is 19.2 Å². The van der Waals surface area contributed by atoms with Crippen LogP contribution < -0.4 is 16.0 Å². The maximum Gasteiger partial charge on any atom is 0.247 e. The molecular weight excluding hydrogens is 602 g/mol. The average molecular weight is 646 g/mol. The third-order valence-corrected chi connectivity index (χ3v) is 10.2. The average Bonchev–Trinajstić information content (AvgIpc) is 3.69. The van der Waals surface area contributed by atoms with Crippen LogP contribution in [0.3, 0.4) is 0 Å². The number of hydrogen-bond donors (Lipinski definition) is 3. The number of hydrogen-bond acceptors (Lipinski definition) is 8. The zero-order valence-corrected chi connectivity index (χ0v) is 27.3. The van der Waals surface area contributed by atoms with Crippen molar-refractivity contribution >= 4 is 46.6 Å². The Morgan fingerprint density at radius 3 is 2.76 bits per heavy atom. The Balaban J connectivity index is 0.944. The molecule has 2 saturated carbocycles. The van der Waals surface area contributed by atoms with E-state index in [1.165, 1.54) is 31.8 Å². The summed E-state index contributed by atoms with van der Waals surface area (Å²) >= 11 is 6.37. The number of aromatic nitrogens is 4. The summed E-state index contributed by atoms with van der Waals surface area (Å²) in [6.07, 6.45) is 12.6. The summed E-state index contributed by atoms with van der Waals surface area (Å²) in [7, 11) is 0. The molecule has 1 aliphatic heterocycles. The van der Waals surface area contributed by atoms with Crippen molar-refractivity contribution in [1.82, 2.24) is 29.5 Å². The number of halogens is 1. The van der Waals surface area contributed by atoms with Gasteiger partial charge in [0, 0.05) is 57.6 Å². The lowest BCUT2D eigenvalue weighted by atomic mass is 9.71. The van der Waals surface area contributed by atoms with E-state index < -0.39 is 0 Å². The SMILES string of the molecule is C=CC(=O)Nc1cccc(CNc2nc(Nc3cnn(CCN4CCN(C(=O)CC5[C@H]6CC[C@H](C6)C[C@H]5C)CC4)c3)ncc2Cl)c1. The Morgan fingerprint density at radius 1 is 1.09 bits per heavy atom. The van der Waals surface area contributed by atoms with Gasteiger partial charge in [0.2, 0.25) is 17.8 Å². The number of rotatable bonds is 12. The second kappa shape index (κ2) is 14.6. The van der Waals surface area contributed by atoms with E-state index >= 15 is 0 Å². The van der Waals surface area contributed by atoms with Crippen LogP contribution in [0.2, 0.25) is 5.02 Å². The summed E-state index contributed by atoms with van der Waals surface area (Å²) in [5.74, 6) is 3.93. The third kappa shape index (κ3) is 8.06. The molecule has 2 amide bonds. The van der Waals surface area contributed by atoms with Gasteiger partial charge in [-0.15, -0.1) is 0 Å². The minimum Gasteiger partial charge on any atom is -0.365 e. The Morgan fingerprint density at radius 2 is 1.93 bits per heavy atom. The van der Waals surface area contributed by atoms with Gasteiger partial charge in [-0.05, 0) is 66.7 Å². The fourth-order valence-corrected chi connectivity index (χ4v) is 7.57. The maximum absolute atomic E-state index is 13.2. The highest BCUT2D eigenvalue weighted by atomic mass is 35.5. The molecule has 0 spiro atoms. The number of benzene rings is 1. The molecule has 244 valence electrons. The van der Waals surface area contributed by atoms with Crippen molar-refractivity contribution in [1.29, 1.82) is 0 Å². The van der Waals surface area contributed by atoms with E-state index in [0.717, 1.165) is 68.8 Å². The van der Waals surface area contributed by atoms with E-state index in [9.17, 15) is 9.59 Å². The van der Waals surface area contributed by atoms with Gasteiger partial charge in [-0.25, -0.2) is 4.98 Å². The summed E-state index contributed by atoms with van der Waals surface area (Å²) in [4.78, 5) is 38.2. The lowest BCUT2D eigenvalue weighted by Gasteiger charge is -2.38. The van der Waals surface area contributed by atoms with Gasteiger partial charge in [0.1, 0.15) is 5.02 Å². The molecule has 1 unspecified atom stereocenters. The highest BCUT2D eigenvalue weighted by Crippen LogP contribution is 2.49. The number of carbonyl (C=O) groups is 2. The topological polar surface area (TPSA) is 120 Å². The summed E-state index contributed by atoms with van der Waals surface area (Å²) < 4.78 is 1.91. The number of nitrogens with one attached hydrogen (secondary N) is 3. The standard InChI is InChI=1S/C34H44ClN9O2/c1-3-31(45)39-27-6-4-5-25(17-27)19-36-33-30(35)21-37-34(41-33)40-28-20-38-44(22-28)14-11-42-9-12-43(13-10-42)32(46)18-29-23(2)15-24-7-8-26(29)16-24/h3-6,17,20-24,26,29H,1,7-16,18-19H2,2H3,(H,39,45)(H2,36,37,40,41)/t23-,24+,26+,29?/m1/s1. The van der Waals surface area contributed by atoms with Gasteiger partial charge in [0.05, 0.1) is 24.6 Å². The van der Waals surface area contributed by atoms with Crippen LogP contribution in [0.1, 0.15) is 44.6 Å². The van der Waals surface area contributed by atoms with Crippen LogP contribution in [-0.2, 0) is 22.7 Å². The zero-order chi connectivity index (χ0) is 32.0. The number of piperazine rings is 1. The molecule has 3 N–H and O–H groups in total. The van der Waals surface area contributed by atoms with Gasteiger partial charge >= 0.3 is 0 Å². The van der Waals surface area contributed by atoms with Crippen molar-refractivity contribution in [3.63, 3.8) is 0 Å². The molecule has 1 aromatic carbocycles. The quantitative estimate of drug-likeness (QED) is 0.224. The molecule has 0 radical (unpaired) electrons. The smallest absolute Gasteiger partial charge is 0.247 e. The van der Waals surface area contributed by atoms with Crippen molar-refractivity contribution in [3.05, 3.63) is 66.1 Å². The first-order chi connectivity index (χ1) is 22.3. The van der Waals surface area contributed by atoms with Gasteiger partial charge in [-0.2, -0.15) is 10.1 Å². The van der Waals surface area contributed by atoms with Gasteiger partial charge < -0.3 is 20.9 Å². The molecule has 6 rings (SSSR count). The lowest BCUT2D eigenvalue weighted by molar-refractivity contribution is -0.135. The Labute approximate surface area is 275 Å². The minimum absolute atomic E-state index is 0.264. The molecule has 3 aromatic rings. The van der Waals surface area contributed by atoms with Crippen LogP contribution in [0.15, 0.2) is 55.5 Å². The van der Waals surface area contributed by atoms with E-state index in [1.54, 1.807) is 12.4 Å². The fraction of sp³-hybridized carbons (Fsp3) is 0.500. The summed E-state index contributed by atoms with van der Waals surface area (Å²) in [6, 6.07) is 7.50. The van der Waals surface area contributed by atoms with E-state index in [1.807, 2.05) is 35.1 Å². The van der Waals surface area contributed by atoms with Crippen molar-refractivity contribution in [2.45, 2.75) is 52.1 Å². The van der Waals surface area contributed by atoms with Crippen molar-refractivity contribution < 1.29 is 9.59 Å². The predicted octanol–water partition coefficient (Wildman–Crippen LogP) is 5.41. The van der Waals surface area contributed by atoms with Crippen molar-refractivity contribution in [2.75, 3.05) is 48.7 Å². The van der Waals surface area contributed by atoms with Gasteiger partial charge in [-0.1, -0.05) is 43.7 Å². The predicted molar refractivity (Wildman–Crippen MR) is 181 cm³/mol. The van der Waals surface area contributed by atoms with Gasteiger partial charge in [0.15, 0.2) is 5.82 Å². The zero-order valence-electron chi connectivity index (χ0n) is 26.5. The first-order valence-corrected chi connectivity index (χ1v) is 16.8. The van der Waals surface area contributed by atoms with E-state index in [2.05, 4.69) is 54.3 Å². The normalized spacial score (nSPS) is 22.8. The first kappa shape index (κ1) is 32.0. The molecule has 46 heavy (non-hydrogen) atoms. The lowest BCUT2D eigenvalue weighted by Crippen LogP contribution is -2.50. The number of amides is 2. The largest absolute Gasteiger partial charge is 0.365 e. The number of nitrogens with zero attached hydrogens (tertiary/aromatic N) is 6. The Hall–Kier alpha value is -3.96. The van der Waals surface area contributed by atoms with Crippen LogP contribution in [0.25, 0.3) is 0 Å². The molecular formula is C34H44ClN9O2. The number of anilines is 4. The number of fused-ring (bicyclic) bond motifs is 2. The molecule has 3 fully saturated rings. The van der Waals surface area contributed by atoms with Gasteiger partial charge in [0.25, 0.3) is 0 Å². The number of carbonyl (C=O) groups excluding carboxylic acids is 2. The van der Waals surface area contributed by atoms with Crippen LogP contribution in [0.5, 0.6) is 0 Å². The molecule has 3 aliphatic rings. The summed E-state index contributed by atoms with van der Waals surface area (Å²) in [5, 5.41) is 14.1. The Kier molecular flexibility index (Phi) is 10.2. The molecule has 3 heterocycles. The molecule has 2 aliphatic carbocycles. The molecule has 1 saturated heterocycles. The molecule has 2 bridgehead atoms. The molecule has 2 aromatic heterocycles. The second-order valence-corrected chi connectivity index (χ2v) is 13.4. The van der Waals surface area contributed by atoms with Crippen LogP contribution >= 0.6 is 11.6 Å². The first-order valence-electron chi connectivity index (χ1n) is 16.4. The minimum atomic E-state index is -0.264. The highest BCUT2D eigenvalue weighted by Gasteiger charge is 2.41. The van der Waals surface area contributed by atoms with Crippen LogP contribution in [0.4, 0.5) is 23.1 Å². The molecule has 4 atom stereocenters. The monoisotopic (exact) mass is 645 g/mol. The summed E-state index contributed by atoms with van der Waals surface area (Å²) in [6.45, 7) is 11.3. The second-order valence-electron chi connectivity index (χ2n) is 13.0.